The van der Waals surface area contributed by atoms with Gasteiger partial charge in [-0.25, -0.2) is 0 Å². The second kappa shape index (κ2) is 8.06. The minimum absolute atomic E-state index is 0.0470. The highest BCUT2D eigenvalue weighted by molar-refractivity contribution is 7.99. The van der Waals surface area contributed by atoms with Crippen LogP contribution in [0.3, 0.4) is 0 Å². The summed E-state index contributed by atoms with van der Waals surface area (Å²) in [5.41, 5.74) is 2.63. The Morgan fingerprint density at radius 2 is 1.63 bits per heavy atom. The van der Waals surface area contributed by atoms with Gasteiger partial charge >= 0.3 is 0 Å². The van der Waals surface area contributed by atoms with E-state index < -0.39 is 0 Å². The van der Waals surface area contributed by atoms with Crippen molar-refractivity contribution in [2.45, 2.75) is 16.2 Å². The number of hydrogen-bond acceptors (Lipinski definition) is 3. The van der Waals surface area contributed by atoms with Gasteiger partial charge in [0.1, 0.15) is 0 Å². The largest absolute Gasteiger partial charge is 0.325 e. The molecular formula is C23H18N2OS. The lowest BCUT2D eigenvalue weighted by molar-refractivity contribution is -0.115. The lowest BCUT2D eigenvalue weighted by Gasteiger charge is -2.11. The molecule has 0 fully saturated rings. The molecule has 0 atom stereocenters. The van der Waals surface area contributed by atoms with Gasteiger partial charge in [-0.15, -0.1) is 0 Å². The van der Waals surface area contributed by atoms with Gasteiger partial charge in [-0.05, 0) is 35.9 Å². The molecule has 0 saturated carbocycles. The van der Waals surface area contributed by atoms with Gasteiger partial charge in [0.05, 0.1) is 17.6 Å². The van der Waals surface area contributed by atoms with Crippen LogP contribution in [0, 0.1) is 0 Å². The average molecular weight is 370 g/mol. The molecule has 4 rings (SSSR count). The molecule has 0 aliphatic heterocycles. The van der Waals surface area contributed by atoms with Crippen LogP contribution in [0.25, 0.3) is 10.9 Å². The number of fused-ring (bicyclic) bond motifs is 1. The normalized spacial score (nSPS) is 10.7. The van der Waals surface area contributed by atoms with E-state index in [0.717, 1.165) is 31.9 Å². The summed E-state index contributed by atoms with van der Waals surface area (Å²) in [5.74, 6) is -0.0470. The zero-order valence-corrected chi connectivity index (χ0v) is 15.4. The van der Waals surface area contributed by atoms with E-state index >= 15 is 0 Å². The fourth-order valence-corrected chi connectivity index (χ4v) is 3.87. The molecule has 0 bridgehead atoms. The van der Waals surface area contributed by atoms with Crippen LogP contribution in [-0.4, -0.2) is 10.9 Å². The van der Waals surface area contributed by atoms with E-state index in [1.807, 2.05) is 72.8 Å². The van der Waals surface area contributed by atoms with Crippen molar-refractivity contribution in [3.63, 3.8) is 0 Å². The van der Waals surface area contributed by atoms with E-state index in [4.69, 9.17) is 0 Å². The van der Waals surface area contributed by atoms with Gasteiger partial charge in [-0.3, -0.25) is 9.78 Å². The van der Waals surface area contributed by atoms with Gasteiger partial charge in [0.15, 0.2) is 0 Å². The predicted molar refractivity (Wildman–Crippen MR) is 111 cm³/mol. The number of pyridine rings is 1. The first-order chi connectivity index (χ1) is 13.3. The van der Waals surface area contributed by atoms with Gasteiger partial charge < -0.3 is 5.32 Å². The number of anilines is 1. The number of rotatable bonds is 5. The van der Waals surface area contributed by atoms with Gasteiger partial charge in [0, 0.05) is 21.4 Å². The van der Waals surface area contributed by atoms with Crippen molar-refractivity contribution in [1.29, 1.82) is 0 Å². The van der Waals surface area contributed by atoms with Crippen molar-refractivity contribution in [3.05, 3.63) is 96.7 Å². The van der Waals surface area contributed by atoms with Crippen molar-refractivity contribution < 1.29 is 4.79 Å². The van der Waals surface area contributed by atoms with Gasteiger partial charge in [-0.1, -0.05) is 66.4 Å². The zero-order chi connectivity index (χ0) is 18.5. The summed E-state index contributed by atoms with van der Waals surface area (Å²) in [6.45, 7) is 0. The molecule has 1 heterocycles. The lowest BCUT2D eigenvalue weighted by atomic mass is 10.1. The smallest absolute Gasteiger partial charge is 0.228 e. The molecule has 0 spiro atoms. The molecule has 0 saturated heterocycles. The molecule has 0 radical (unpaired) electrons. The maximum absolute atomic E-state index is 12.7. The summed E-state index contributed by atoms with van der Waals surface area (Å²) >= 11 is 1.64. The summed E-state index contributed by atoms with van der Waals surface area (Å²) < 4.78 is 0. The van der Waals surface area contributed by atoms with Crippen LogP contribution in [0.2, 0.25) is 0 Å². The molecular weight excluding hydrogens is 352 g/mol. The number of benzene rings is 3. The maximum atomic E-state index is 12.7. The molecule has 0 aliphatic rings. The molecule has 132 valence electrons. The van der Waals surface area contributed by atoms with Gasteiger partial charge in [0.25, 0.3) is 0 Å². The highest BCUT2D eigenvalue weighted by atomic mass is 32.2. The fourth-order valence-electron chi connectivity index (χ4n) is 2.95. The number of nitrogens with zero attached hydrogens (tertiary/aromatic N) is 1. The van der Waals surface area contributed by atoms with Crippen LogP contribution in [0.5, 0.6) is 0 Å². The van der Waals surface area contributed by atoms with Crippen LogP contribution in [0.1, 0.15) is 5.56 Å². The number of para-hydroxylation sites is 2. The number of carbonyl (C=O) groups is 1. The third-order valence-electron chi connectivity index (χ3n) is 4.20. The molecule has 1 N–H and O–H groups in total. The Kier molecular flexibility index (Phi) is 5.17. The van der Waals surface area contributed by atoms with Gasteiger partial charge in [0.2, 0.25) is 5.91 Å². The van der Waals surface area contributed by atoms with Gasteiger partial charge in [-0.2, -0.15) is 0 Å². The number of amides is 1. The summed E-state index contributed by atoms with van der Waals surface area (Å²) in [6.07, 6.45) is 2.05. The minimum atomic E-state index is -0.0470. The number of carbonyl (C=O) groups excluding carboxylic acids is 1. The highest BCUT2D eigenvalue weighted by Crippen LogP contribution is 2.33. The van der Waals surface area contributed by atoms with E-state index in [9.17, 15) is 4.79 Å². The van der Waals surface area contributed by atoms with Crippen molar-refractivity contribution in [2.75, 3.05) is 5.32 Å². The maximum Gasteiger partial charge on any atom is 0.228 e. The Hall–Kier alpha value is -3.11. The Bertz CT molecular complexity index is 1070. The zero-order valence-electron chi connectivity index (χ0n) is 14.6. The average Bonchev–Trinajstić information content (AvgIpc) is 2.71. The van der Waals surface area contributed by atoms with E-state index in [1.165, 1.54) is 0 Å². The van der Waals surface area contributed by atoms with E-state index in [0.29, 0.717) is 6.42 Å². The van der Waals surface area contributed by atoms with Crippen molar-refractivity contribution in [2.24, 2.45) is 0 Å². The van der Waals surface area contributed by atoms with Crippen molar-refractivity contribution in [1.82, 2.24) is 4.98 Å². The Balaban J connectivity index is 1.53. The Morgan fingerprint density at radius 3 is 2.52 bits per heavy atom. The fraction of sp³-hybridized carbons (Fsp3) is 0.0435. The molecule has 27 heavy (non-hydrogen) atoms. The predicted octanol–water partition coefficient (Wildman–Crippen LogP) is 5.57. The monoisotopic (exact) mass is 370 g/mol. The second-order valence-electron chi connectivity index (χ2n) is 6.13. The van der Waals surface area contributed by atoms with E-state index in [1.54, 1.807) is 18.0 Å². The standard InChI is InChI=1S/C23H18N2OS/c26-22(16-18-9-6-8-17-10-7-15-24-23(17)18)25-20-13-4-5-14-21(20)27-19-11-2-1-3-12-19/h1-15H,16H2,(H,25,26). The van der Waals surface area contributed by atoms with Crippen LogP contribution < -0.4 is 5.32 Å². The molecule has 0 unspecified atom stereocenters. The molecule has 4 heteroatoms. The van der Waals surface area contributed by atoms with Crippen molar-refractivity contribution in [3.8, 4) is 0 Å². The molecule has 1 aromatic heterocycles. The van der Waals surface area contributed by atoms with Crippen LogP contribution >= 0.6 is 11.8 Å². The van der Waals surface area contributed by atoms with E-state index in [-0.39, 0.29) is 5.91 Å². The second-order valence-corrected chi connectivity index (χ2v) is 7.24. The molecule has 1 amide bonds. The first kappa shape index (κ1) is 17.3. The summed E-state index contributed by atoms with van der Waals surface area (Å²) in [6, 6.07) is 27.9. The Morgan fingerprint density at radius 1 is 0.852 bits per heavy atom. The van der Waals surface area contributed by atoms with Crippen LogP contribution in [0.15, 0.2) is 101 Å². The lowest BCUT2D eigenvalue weighted by Crippen LogP contribution is -2.15. The molecule has 0 aliphatic carbocycles. The number of hydrogen-bond donors (Lipinski definition) is 1. The third kappa shape index (κ3) is 4.18. The van der Waals surface area contributed by atoms with Crippen LogP contribution in [-0.2, 0) is 11.2 Å². The third-order valence-corrected chi connectivity index (χ3v) is 5.28. The van der Waals surface area contributed by atoms with Crippen LogP contribution in [0.4, 0.5) is 5.69 Å². The topological polar surface area (TPSA) is 42.0 Å². The first-order valence-electron chi connectivity index (χ1n) is 8.74. The molecule has 3 aromatic carbocycles. The van der Waals surface area contributed by atoms with Crippen molar-refractivity contribution >= 4 is 34.3 Å². The SMILES string of the molecule is O=C(Cc1cccc2cccnc12)Nc1ccccc1Sc1ccccc1. The minimum Gasteiger partial charge on any atom is -0.325 e. The van der Waals surface area contributed by atoms with E-state index in [2.05, 4.69) is 22.4 Å². The summed E-state index contributed by atoms with van der Waals surface area (Å²) in [4.78, 5) is 19.3. The number of nitrogens with one attached hydrogen (secondary N) is 1. The summed E-state index contributed by atoms with van der Waals surface area (Å²) in [7, 11) is 0. The molecule has 3 nitrogen and oxygen atoms in total. The first-order valence-corrected chi connectivity index (χ1v) is 9.56. The Labute approximate surface area is 162 Å². The highest BCUT2D eigenvalue weighted by Gasteiger charge is 2.11. The quantitative estimate of drug-likeness (QED) is 0.499. The number of aromatic nitrogens is 1. The molecule has 4 aromatic rings. The summed E-state index contributed by atoms with van der Waals surface area (Å²) in [5, 5.41) is 4.10.